The molecule has 0 spiro atoms. The van der Waals surface area contributed by atoms with Crippen LogP contribution in [-0.4, -0.2) is 23.9 Å². The van der Waals surface area contributed by atoms with Gasteiger partial charge in [-0.25, -0.2) is 16.8 Å². The smallest absolute Gasteiger partial charge is 0.206 e. The van der Waals surface area contributed by atoms with Gasteiger partial charge in [-0.15, -0.1) is 0 Å². The number of benzene rings is 4. The lowest BCUT2D eigenvalue weighted by Gasteiger charge is -2.05. The molecule has 190 valence electrons. The quantitative estimate of drug-likeness (QED) is 0.362. The van der Waals surface area contributed by atoms with Crippen molar-refractivity contribution in [2.24, 2.45) is 5.73 Å². The van der Waals surface area contributed by atoms with Crippen LogP contribution in [0.15, 0.2) is 117 Å². The molecule has 0 amide bonds. The topological polar surface area (TPSA) is 94.3 Å². The summed E-state index contributed by atoms with van der Waals surface area (Å²) < 4.78 is 49.0. The van der Waals surface area contributed by atoms with Gasteiger partial charge in [-0.2, -0.15) is 0 Å². The van der Waals surface area contributed by atoms with Crippen LogP contribution in [0.25, 0.3) is 0 Å². The highest BCUT2D eigenvalue weighted by atomic mass is 32.2. The minimum Gasteiger partial charge on any atom is -0.333 e. The zero-order chi connectivity index (χ0) is 26.9. The maximum Gasteiger partial charge on any atom is 0.206 e. The molecule has 0 heterocycles. The Morgan fingerprint density at radius 1 is 0.361 bits per heavy atom. The first-order valence-electron chi connectivity index (χ1n) is 11.3. The normalized spacial score (nSPS) is 10.9. The van der Waals surface area contributed by atoms with Crippen LogP contribution in [0.1, 0.15) is 22.3 Å². The summed E-state index contributed by atoms with van der Waals surface area (Å²) in [5.74, 6) is 0. The van der Waals surface area contributed by atoms with Crippen molar-refractivity contribution in [2.75, 3.05) is 7.05 Å². The van der Waals surface area contributed by atoms with Crippen molar-refractivity contribution in [3.05, 3.63) is 119 Å². The molecule has 0 atom stereocenters. The molecule has 2 N–H and O–H groups in total. The second kappa shape index (κ2) is 12.6. The van der Waals surface area contributed by atoms with E-state index < -0.39 is 19.7 Å². The Bertz CT molecular complexity index is 1240. The van der Waals surface area contributed by atoms with Crippen LogP contribution in [0.2, 0.25) is 0 Å². The number of sulfone groups is 2. The third-order valence-corrected chi connectivity index (χ3v) is 8.90. The lowest BCUT2D eigenvalue weighted by Crippen LogP contribution is -2.01. The molecular formula is C29H33NO4S2. The van der Waals surface area contributed by atoms with E-state index >= 15 is 0 Å². The largest absolute Gasteiger partial charge is 0.333 e. The molecule has 36 heavy (non-hydrogen) atoms. The Morgan fingerprint density at radius 3 is 0.639 bits per heavy atom. The molecule has 7 heteroatoms. The molecule has 4 rings (SSSR count). The summed E-state index contributed by atoms with van der Waals surface area (Å²) in [6, 6.07) is 27.6. The Kier molecular flexibility index (Phi) is 10.2. The molecule has 0 aliphatic heterocycles. The van der Waals surface area contributed by atoms with Crippen molar-refractivity contribution in [2.45, 2.75) is 47.3 Å². The van der Waals surface area contributed by atoms with Gasteiger partial charge in [0.2, 0.25) is 19.7 Å². The van der Waals surface area contributed by atoms with Crippen LogP contribution in [-0.2, 0) is 19.7 Å². The van der Waals surface area contributed by atoms with Crippen molar-refractivity contribution < 1.29 is 16.8 Å². The van der Waals surface area contributed by atoms with Gasteiger partial charge in [-0.3, -0.25) is 0 Å². The van der Waals surface area contributed by atoms with E-state index in [1.165, 1.54) is 7.05 Å². The molecule has 0 aromatic heterocycles. The average Bonchev–Trinajstić information content (AvgIpc) is 2.87. The number of hydrogen-bond donors (Lipinski definition) is 1. The Balaban J connectivity index is 0.000000237. The Labute approximate surface area is 215 Å². The van der Waals surface area contributed by atoms with E-state index in [4.69, 9.17) is 0 Å². The van der Waals surface area contributed by atoms with Gasteiger partial charge in [0, 0.05) is 0 Å². The fourth-order valence-corrected chi connectivity index (χ4v) is 5.66. The summed E-state index contributed by atoms with van der Waals surface area (Å²) in [4.78, 5) is 1.36. The molecule has 0 saturated carbocycles. The molecule has 0 bridgehead atoms. The zero-order valence-electron chi connectivity index (χ0n) is 21.3. The molecule has 5 nitrogen and oxygen atoms in total. The van der Waals surface area contributed by atoms with Gasteiger partial charge in [-0.1, -0.05) is 70.8 Å². The second-order valence-corrected chi connectivity index (χ2v) is 12.2. The SMILES string of the molecule is CN.Cc1ccc(S(=O)(=O)c2ccc(C)cc2)cc1.Cc1ccc(S(=O)(=O)c2ccc(C)cc2)cc1. The molecular weight excluding hydrogens is 490 g/mol. The van der Waals surface area contributed by atoms with Gasteiger partial charge in [0.05, 0.1) is 19.6 Å². The van der Waals surface area contributed by atoms with Gasteiger partial charge >= 0.3 is 0 Å². The fourth-order valence-electron chi connectivity index (χ4n) is 3.14. The molecule has 0 unspecified atom stereocenters. The van der Waals surface area contributed by atoms with E-state index in [2.05, 4.69) is 5.73 Å². The van der Waals surface area contributed by atoms with E-state index in [-0.39, 0.29) is 0 Å². The maximum absolute atomic E-state index is 12.3. The minimum absolute atomic E-state index is 0.340. The Hall–Kier alpha value is -3.26. The first-order chi connectivity index (χ1) is 17.0. The van der Waals surface area contributed by atoms with Gasteiger partial charge in [0.25, 0.3) is 0 Å². The number of aryl methyl sites for hydroxylation is 4. The fraction of sp³-hybridized carbons (Fsp3) is 0.172. The summed E-state index contributed by atoms with van der Waals surface area (Å²) in [7, 11) is -5.24. The van der Waals surface area contributed by atoms with Crippen molar-refractivity contribution in [3.8, 4) is 0 Å². The van der Waals surface area contributed by atoms with Gasteiger partial charge < -0.3 is 5.73 Å². The first kappa shape index (κ1) is 29.0. The van der Waals surface area contributed by atoms with Crippen molar-refractivity contribution >= 4 is 19.7 Å². The van der Waals surface area contributed by atoms with Crippen molar-refractivity contribution in [1.29, 1.82) is 0 Å². The summed E-state index contributed by atoms with van der Waals surface area (Å²) in [5, 5.41) is 0. The van der Waals surface area contributed by atoms with Crippen LogP contribution in [0.4, 0.5) is 0 Å². The van der Waals surface area contributed by atoms with E-state index in [9.17, 15) is 16.8 Å². The van der Waals surface area contributed by atoms with Crippen molar-refractivity contribution in [3.63, 3.8) is 0 Å². The zero-order valence-corrected chi connectivity index (χ0v) is 22.9. The van der Waals surface area contributed by atoms with Crippen LogP contribution in [0.3, 0.4) is 0 Å². The third kappa shape index (κ3) is 7.37. The van der Waals surface area contributed by atoms with Gasteiger partial charge in [0.15, 0.2) is 0 Å². The van der Waals surface area contributed by atoms with E-state index in [0.717, 1.165) is 22.3 Å². The monoisotopic (exact) mass is 523 g/mol. The molecule has 0 aliphatic carbocycles. The molecule has 0 saturated heterocycles. The Morgan fingerprint density at radius 2 is 0.500 bits per heavy atom. The maximum atomic E-state index is 12.3. The molecule has 4 aromatic rings. The molecule has 0 fully saturated rings. The van der Waals surface area contributed by atoms with Gasteiger partial charge in [0.1, 0.15) is 0 Å². The average molecular weight is 524 g/mol. The lowest BCUT2D eigenvalue weighted by molar-refractivity contribution is 0.594. The van der Waals surface area contributed by atoms with E-state index in [0.29, 0.717) is 19.6 Å². The lowest BCUT2D eigenvalue weighted by atomic mass is 10.2. The summed E-state index contributed by atoms with van der Waals surface area (Å²) in [5.41, 5.74) is 8.70. The molecule has 4 aromatic carbocycles. The molecule has 0 radical (unpaired) electrons. The van der Waals surface area contributed by atoms with Crippen LogP contribution >= 0.6 is 0 Å². The first-order valence-corrected chi connectivity index (χ1v) is 14.3. The summed E-state index contributed by atoms with van der Waals surface area (Å²) in [6.07, 6.45) is 0. The highest BCUT2D eigenvalue weighted by Crippen LogP contribution is 2.22. The van der Waals surface area contributed by atoms with E-state index in [1.54, 1.807) is 97.1 Å². The second-order valence-electron chi connectivity index (χ2n) is 8.26. The minimum atomic E-state index is -3.37. The third-order valence-electron chi connectivity index (χ3n) is 5.33. The highest BCUT2D eigenvalue weighted by Gasteiger charge is 2.17. The summed E-state index contributed by atoms with van der Waals surface area (Å²) in [6.45, 7) is 7.73. The number of nitrogens with two attached hydrogens (primary N) is 1. The van der Waals surface area contributed by atoms with Crippen LogP contribution in [0.5, 0.6) is 0 Å². The van der Waals surface area contributed by atoms with Crippen LogP contribution in [0, 0.1) is 27.7 Å². The summed E-state index contributed by atoms with van der Waals surface area (Å²) >= 11 is 0. The number of hydrogen-bond acceptors (Lipinski definition) is 5. The predicted molar refractivity (Wildman–Crippen MR) is 146 cm³/mol. The number of rotatable bonds is 4. The van der Waals surface area contributed by atoms with E-state index in [1.807, 2.05) is 27.7 Å². The van der Waals surface area contributed by atoms with Crippen LogP contribution < -0.4 is 5.73 Å². The van der Waals surface area contributed by atoms with Crippen molar-refractivity contribution in [1.82, 2.24) is 0 Å². The molecule has 0 aliphatic rings. The highest BCUT2D eigenvalue weighted by molar-refractivity contribution is 7.91. The predicted octanol–water partition coefficient (Wildman–Crippen LogP) is 5.85. The van der Waals surface area contributed by atoms with Gasteiger partial charge in [-0.05, 0) is 83.3 Å². The standard InChI is InChI=1S/2C14H14O2S.CH5N/c2*1-11-3-7-13(8-4-11)17(15,16)14-9-5-12(2)6-10-14;1-2/h2*3-10H,1-2H3;2H2,1H3.